The summed E-state index contributed by atoms with van der Waals surface area (Å²) in [6.45, 7) is 0.424. The summed E-state index contributed by atoms with van der Waals surface area (Å²) in [5.74, 6) is 0.898. The Morgan fingerprint density at radius 3 is 2.73 bits per heavy atom. The van der Waals surface area contributed by atoms with Crippen molar-refractivity contribution in [2.45, 2.75) is 17.3 Å². The average Bonchev–Trinajstić information content (AvgIpc) is 3.01. The molecule has 26 heavy (non-hydrogen) atoms. The third-order valence-electron chi connectivity index (χ3n) is 3.74. The highest BCUT2D eigenvalue weighted by atomic mass is 32.2. The highest BCUT2D eigenvalue weighted by Crippen LogP contribution is 2.19. The Morgan fingerprint density at radius 2 is 2.00 bits per heavy atom. The van der Waals surface area contributed by atoms with Crippen molar-refractivity contribution < 1.29 is 9.18 Å². The van der Waals surface area contributed by atoms with Crippen molar-refractivity contribution in [3.63, 3.8) is 0 Å². The number of nitrogens with one attached hydrogen (secondary N) is 1. The molecular formula is C18H18FN5OS. The van der Waals surface area contributed by atoms with Crippen molar-refractivity contribution in [2.24, 2.45) is 7.05 Å². The van der Waals surface area contributed by atoms with Crippen LogP contribution in [0.25, 0.3) is 0 Å². The Hall–Kier alpha value is -2.74. The molecule has 8 heteroatoms. The number of pyridine rings is 1. The van der Waals surface area contributed by atoms with Crippen molar-refractivity contribution in [1.29, 1.82) is 0 Å². The van der Waals surface area contributed by atoms with Gasteiger partial charge in [0.15, 0.2) is 5.16 Å². The quantitative estimate of drug-likeness (QED) is 0.647. The van der Waals surface area contributed by atoms with Crippen LogP contribution < -0.4 is 5.32 Å². The maximum Gasteiger partial charge on any atom is 0.251 e. The van der Waals surface area contributed by atoms with E-state index in [1.54, 1.807) is 18.0 Å². The van der Waals surface area contributed by atoms with Crippen LogP contribution in [0.2, 0.25) is 0 Å². The van der Waals surface area contributed by atoms with E-state index in [-0.39, 0.29) is 11.7 Å². The first kappa shape index (κ1) is 18.1. The highest BCUT2D eigenvalue weighted by molar-refractivity contribution is 7.98. The smallest absolute Gasteiger partial charge is 0.251 e. The van der Waals surface area contributed by atoms with Gasteiger partial charge in [-0.25, -0.2) is 4.39 Å². The van der Waals surface area contributed by atoms with Crippen LogP contribution in [-0.4, -0.2) is 32.2 Å². The molecule has 2 aromatic heterocycles. The highest BCUT2D eigenvalue weighted by Gasteiger charge is 2.11. The number of carbonyl (C=O) groups excluding carboxylic acids is 1. The van der Waals surface area contributed by atoms with Crippen LogP contribution in [0.3, 0.4) is 0 Å². The van der Waals surface area contributed by atoms with E-state index in [0.717, 1.165) is 16.7 Å². The number of aromatic nitrogens is 4. The first-order valence-corrected chi connectivity index (χ1v) is 9.07. The molecule has 1 aromatic carbocycles. The Labute approximate surface area is 154 Å². The molecule has 2 heterocycles. The molecule has 3 aromatic rings. The van der Waals surface area contributed by atoms with Crippen molar-refractivity contribution in [3.8, 4) is 0 Å². The number of carbonyl (C=O) groups is 1. The summed E-state index contributed by atoms with van der Waals surface area (Å²) >= 11 is 1.56. The van der Waals surface area contributed by atoms with Gasteiger partial charge in [-0.3, -0.25) is 9.78 Å². The Balaban J connectivity index is 1.50. The molecule has 0 spiro atoms. The standard InChI is InChI=1S/C18H18FN5OS/c1-24-16(9-11-21-17(25)13-5-7-14(19)8-6-13)22-23-18(24)26-12-15-4-2-3-10-20-15/h2-8,10H,9,11-12H2,1H3,(H,21,25). The lowest BCUT2D eigenvalue weighted by atomic mass is 10.2. The number of rotatable bonds is 7. The normalized spacial score (nSPS) is 10.7. The first-order chi connectivity index (χ1) is 12.6. The van der Waals surface area contributed by atoms with E-state index in [2.05, 4.69) is 20.5 Å². The van der Waals surface area contributed by atoms with Gasteiger partial charge >= 0.3 is 0 Å². The van der Waals surface area contributed by atoms with Gasteiger partial charge in [0.25, 0.3) is 5.91 Å². The van der Waals surface area contributed by atoms with Crippen molar-refractivity contribution in [2.75, 3.05) is 6.54 Å². The van der Waals surface area contributed by atoms with Crippen LogP contribution in [-0.2, 0) is 19.2 Å². The summed E-state index contributed by atoms with van der Waals surface area (Å²) in [7, 11) is 1.90. The van der Waals surface area contributed by atoms with Gasteiger partial charge in [-0.2, -0.15) is 0 Å². The van der Waals surface area contributed by atoms with Crippen molar-refractivity contribution >= 4 is 17.7 Å². The monoisotopic (exact) mass is 371 g/mol. The zero-order valence-corrected chi connectivity index (χ0v) is 15.0. The van der Waals surface area contributed by atoms with E-state index in [1.807, 2.05) is 29.8 Å². The van der Waals surface area contributed by atoms with E-state index in [1.165, 1.54) is 24.3 Å². The topological polar surface area (TPSA) is 72.7 Å². The lowest BCUT2D eigenvalue weighted by Crippen LogP contribution is -2.26. The fourth-order valence-corrected chi connectivity index (χ4v) is 3.15. The molecule has 0 aliphatic heterocycles. The lowest BCUT2D eigenvalue weighted by Gasteiger charge is -2.06. The van der Waals surface area contributed by atoms with E-state index in [9.17, 15) is 9.18 Å². The van der Waals surface area contributed by atoms with Gasteiger partial charge in [-0.05, 0) is 36.4 Å². The number of hydrogen-bond donors (Lipinski definition) is 1. The van der Waals surface area contributed by atoms with Crippen LogP contribution in [0, 0.1) is 5.82 Å². The molecule has 0 atom stereocenters. The molecule has 134 valence electrons. The predicted molar refractivity (Wildman–Crippen MR) is 97.2 cm³/mol. The van der Waals surface area contributed by atoms with Gasteiger partial charge in [0.05, 0.1) is 5.69 Å². The molecule has 0 radical (unpaired) electrons. The number of amides is 1. The molecule has 6 nitrogen and oxygen atoms in total. The number of halogens is 1. The Kier molecular flexibility index (Phi) is 5.96. The summed E-state index contributed by atoms with van der Waals surface area (Å²) in [6.07, 6.45) is 2.32. The maximum atomic E-state index is 12.9. The summed E-state index contributed by atoms with van der Waals surface area (Å²) < 4.78 is 14.8. The lowest BCUT2D eigenvalue weighted by molar-refractivity contribution is 0.0954. The number of nitrogens with zero attached hydrogens (tertiary/aromatic N) is 4. The molecule has 0 saturated heterocycles. The molecule has 0 bridgehead atoms. The number of hydrogen-bond acceptors (Lipinski definition) is 5. The summed E-state index contributed by atoms with van der Waals surface area (Å²) in [6, 6.07) is 11.3. The van der Waals surface area contributed by atoms with Crippen molar-refractivity contribution in [1.82, 2.24) is 25.1 Å². The zero-order valence-electron chi connectivity index (χ0n) is 14.2. The minimum atomic E-state index is -0.364. The molecule has 0 fully saturated rings. The predicted octanol–water partition coefficient (Wildman–Crippen LogP) is 2.61. The van der Waals surface area contributed by atoms with Gasteiger partial charge in [0.1, 0.15) is 11.6 Å². The molecule has 0 unspecified atom stereocenters. The van der Waals surface area contributed by atoms with Crippen LogP contribution in [0.15, 0.2) is 53.8 Å². The second-order valence-electron chi connectivity index (χ2n) is 5.58. The SMILES string of the molecule is Cn1c(CCNC(=O)c2ccc(F)cc2)nnc1SCc1ccccn1. The minimum absolute atomic E-state index is 0.239. The summed E-state index contributed by atoms with van der Waals surface area (Å²) in [4.78, 5) is 16.3. The largest absolute Gasteiger partial charge is 0.352 e. The van der Waals surface area contributed by atoms with E-state index >= 15 is 0 Å². The Morgan fingerprint density at radius 1 is 1.19 bits per heavy atom. The fourth-order valence-electron chi connectivity index (χ4n) is 2.30. The summed E-state index contributed by atoms with van der Waals surface area (Å²) in [5, 5.41) is 12.0. The molecule has 1 N–H and O–H groups in total. The van der Waals surface area contributed by atoms with Gasteiger partial charge in [0, 0.05) is 37.5 Å². The second-order valence-corrected chi connectivity index (χ2v) is 6.52. The van der Waals surface area contributed by atoms with Crippen molar-refractivity contribution in [3.05, 3.63) is 71.6 Å². The average molecular weight is 371 g/mol. The molecule has 1 amide bonds. The molecule has 0 aliphatic rings. The van der Waals surface area contributed by atoms with E-state index < -0.39 is 0 Å². The molecular weight excluding hydrogens is 353 g/mol. The van der Waals surface area contributed by atoms with Gasteiger partial charge in [0.2, 0.25) is 0 Å². The van der Waals surface area contributed by atoms with Crippen LogP contribution >= 0.6 is 11.8 Å². The Bertz CT molecular complexity index is 867. The van der Waals surface area contributed by atoms with Crippen LogP contribution in [0.4, 0.5) is 4.39 Å². The van der Waals surface area contributed by atoms with E-state index in [4.69, 9.17) is 0 Å². The van der Waals surface area contributed by atoms with Crippen LogP contribution in [0.1, 0.15) is 21.9 Å². The first-order valence-electron chi connectivity index (χ1n) is 8.08. The molecule has 0 saturated carbocycles. The molecule has 0 aliphatic carbocycles. The van der Waals surface area contributed by atoms with E-state index in [0.29, 0.717) is 24.3 Å². The number of thioether (sulfide) groups is 1. The number of benzene rings is 1. The maximum absolute atomic E-state index is 12.9. The minimum Gasteiger partial charge on any atom is -0.352 e. The second kappa shape index (κ2) is 8.57. The summed E-state index contributed by atoms with van der Waals surface area (Å²) in [5.41, 5.74) is 1.41. The third-order valence-corrected chi connectivity index (χ3v) is 4.79. The zero-order chi connectivity index (χ0) is 18.4. The van der Waals surface area contributed by atoms with Crippen LogP contribution in [0.5, 0.6) is 0 Å². The van der Waals surface area contributed by atoms with Gasteiger partial charge < -0.3 is 9.88 Å². The fraction of sp³-hybridized carbons (Fsp3) is 0.222. The third kappa shape index (κ3) is 4.66. The van der Waals surface area contributed by atoms with Gasteiger partial charge in [-0.15, -0.1) is 10.2 Å². The molecule has 3 rings (SSSR count). The van der Waals surface area contributed by atoms with Gasteiger partial charge in [-0.1, -0.05) is 17.8 Å².